The van der Waals surface area contributed by atoms with Gasteiger partial charge in [0.05, 0.1) is 14.2 Å². The number of ether oxygens (including phenoxy) is 2. The fourth-order valence-corrected chi connectivity index (χ4v) is 4.17. The lowest BCUT2D eigenvalue weighted by Gasteiger charge is -2.08. The fourth-order valence-electron chi connectivity index (χ4n) is 3.07. The highest BCUT2D eigenvalue weighted by Crippen LogP contribution is 2.34. The fraction of sp³-hybridized carbons (Fsp3) is 0.211. The lowest BCUT2D eigenvalue weighted by Crippen LogP contribution is -3.00. The Morgan fingerprint density at radius 1 is 1.00 bits per heavy atom. The summed E-state index contributed by atoms with van der Waals surface area (Å²) in [6, 6.07) is 16.5. The Balaban J connectivity index is 0.00000182. The van der Waals surface area contributed by atoms with Crippen molar-refractivity contribution < 1.29 is 31.0 Å². The van der Waals surface area contributed by atoms with Gasteiger partial charge in [0.25, 0.3) is 0 Å². The predicted octanol–water partition coefficient (Wildman–Crippen LogP) is 0.559. The topological polar surface area (TPSA) is 27.3 Å². The van der Waals surface area contributed by atoms with E-state index in [4.69, 9.17) is 9.47 Å². The summed E-state index contributed by atoms with van der Waals surface area (Å²) in [7, 11) is 3.33. The zero-order chi connectivity index (χ0) is 16.5. The van der Waals surface area contributed by atoms with Crippen molar-refractivity contribution in [2.24, 2.45) is 0 Å². The summed E-state index contributed by atoms with van der Waals surface area (Å²) < 4.78 is 15.5. The SMILES string of the molecule is COc1ccc(-c2cn(-c3ccccc3)c3[n+]2CCS3)cc1OC.[Br-]. The van der Waals surface area contributed by atoms with Crippen LogP contribution < -0.4 is 31.0 Å². The summed E-state index contributed by atoms with van der Waals surface area (Å²) in [5.41, 5.74) is 3.51. The molecular formula is C19H19BrN2O2S. The molecular weight excluding hydrogens is 400 g/mol. The molecule has 2 heterocycles. The van der Waals surface area contributed by atoms with E-state index in [0.717, 1.165) is 29.4 Å². The Labute approximate surface area is 162 Å². The minimum Gasteiger partial charge on any atom is -1.00 e. The second-order valence-corrected chi connectivity index (χ2v) is 6.63. The summed E-state index contributed by atoms with van der Waals surface area (Å²) >= 11 is 1.89. The van der Waals surface area contributed by atoms with Crippen molar-refractivity contribution in [3.63, 3.8) is 0 Å². The van der Waals surface area contributed by atoms with Crippen LogP contribution in [0.4, 0.5) is 0 Å². The van der Waals surface area contributed by atoms with Gasteiger partial charge in [-0.3, -0.25) is 0 Å². The molecule has 4 nitrogen and oxygen atoms in total. The van der Waals surface area contributed by atoms with E-state index in [1.54, 1.807) is 14.2 Å². The Hall–Kier alpha value is -1.92. The van der Waals surface area contributed by atoms with E-state index in [2.05, 4.69) is 45.7 Å². The van der Waals surface area contributed by atoms with Crippen molar-refractivity contribution in [3.05, 3.63) is 54.7 Å². The first kappa shape index (κ1) is 17.9. The number of methoxy groups -OCH3 is 2. The highest BCUT2D eigenvalue weighted by molar-refractivity contribution is 7.99. The molecule has 0 amide bonds. The molecule has 1 aliphatic heterocycles. The zero-order valence-corrected chi connectivity index (χ0v) is 16.5. The van der Waals surface area contributed by atoms with Gasteiger partial charge in [-0.15, -0.1) is 0 Å². The minimum atomic E-state index is 0. The molecule has 0 atom stereocenters. The number of rotatable bonds is 4. The first-order valence-electron chi connectivity index (χ1n) is 7.87. The Morgan fingerprint density at radius 2 is 1.76 bits per heavy atom. The number of imidazole rings is 1. The van der Waals surface area contributed by atoms with Gasteiger partial charge in [-0.1, -0.05) is 18.2 Å². The first-order valence-corrected chi connectivity index (χ1v) is 8.86. The number of aromatic nitrogens is 2. The Bertz CT molecular complexity index is 881. The number of fused-ring (bicyclic) bond motifs is 1. The zero-order valence-electron chi connectivity index (χ0n) is 14.1. The number of halogens is 1. The molecule has 0 fully saturated rings. The van der Waals surface area contributed by atoms with E-state index in [0.29, 0.717) is 0 Å². The van der Waals surface area contributed by atoms with Gasteiger partial charge < -0.3 is 26.5 Å². The molecule has 0 saturated carbocycles. The van der Waals surface area contributed by atoms with Crippen LogP contribution in [-0.2, 0) is 6.54 Å². The molecule has 6 heteroatoms. The summed E-state index contributed by atoms with van der Waals surface area (Å²) in [6.45, 7) is 1.02. The summed E-state index contributed by atoms with van der Waals surface area (Å²) in [5, 5.41) is 1.27. The molecule has 0 saturated heterocycles. The highest BCUT2D eigenvalue weighted by Gasteiger charge is 2.30. The van der Waals surface area contributed by atoms with Crippen LogP contribution in [0.15, 0.2) is 59.9 Å². The molecule has 3 aromatic rings. The molecule has 0 bridgehead atoms. The van der Waals surface area contributed by atoms with E-state index < -0.39 is 0 Å². The van der Waals surface area contributed by atoms with Crippen LogP contribution in [0.3, 0.4) is 0 Å². The molecule has 4 rings (SSSR count). The lowest BCUT2D eigenvalue weighted by molar-refractivity contribution is -0.713. The van der Waals surface area contributed by atoms with Crippen molar-refractivity contribution in [2.45, 2.75) is 11.7 Å². The smallest absolute Gasteiger partial charge is 0.323 e. The van der Waals surface area contributed by atoms with Gasteiger partial charge in [0.15, 0.2) is 17.2 Å². The van der Waals surface area contributed by atoms with Gasteiger partial charge in [-0.05, 0) is 42.1 Å². The highest BCUT2D eigenvalue weighted by atomic mass is 79.9. The molecule has 0 N–H and O–H groups in total. The number of hydrogen-bond donors (Lipinski definition) is 0. The molecule has 0 radical (unpaired) electrons. The summed E-state index contributed by atoms with van der Waals surface area (Å²) in [6.07, 6.45) is 2.21. The molecule has 1 aliphatic rings. The van der Waals surface area contributed by atoms with Crippen molar-refractivity contribution in [2.75, 3.05) is 20.0 Å². The van der Waals surface area contributed by atoms with Gasteiger partial charge in [0.2, 0.25) is 0 Å². The maximum atomic E-state index is 5.46. The van der Waals surface area contributed by atoms with Crippen LogP contribution in [0.25, 0.3) is 16.9 Å². The van der Waals surface area contributed by atoms with Crippen LogP contribution >= 0.6 is 11.8 Å². The molecule has 130 valence electrons. The molecule has 0 aliphatic carbocycles. The average molecular weight is 419 g/mol. The summed E-state index contributed by atoms with van der Waals surface area (Å²) in [5.74, 6) is 2.60. The lowest BCUT2D eigenvalue weighted by atomic mass is 10.1. The number of benzene rings is 2. The Kier molecular flexibility index (Phi) is 5.39. The van der Waals surface area contributed by atoms with E-state index in [1.807, 2.05) is 30.0 Å². The maximum absolute atomic E-state index is 5.46. The van der Waals surface area contributed by atoms with E-state index >= 15 is 0 Å². The number of hydrogen-bond acceptors (Lipinski definition) is 3. The quantitative estimate of drug-likeness (QED) is 0.579. The van der Waals surface area contributed by atoms with Crippen LogP contribution in [0.2, 0.25) is 0 Å². The maximum Gasteiger partial charge on any atom is 0.323 e. The second-order valence-electron chi connectivity index (χ2n) is 5.57. The minimum absolute atomic E-state index is 0. The van der Waals surface area contributed by atoms with Crippen molar-refractivity contribution in [1.82, 2.24) is 4.57 Å². The molecule has 0 unspecified atom stereocenters. The van der Waals surface area contributed by atoms with Gasteiger partial charge in [-0.2, -0.15) is 4.57 Å². The number of para-hydroxylation sites is 1. The first-order chi connectivity index (χ1) is 11.8. The van der Waals surface area contributed by atoms with E-state index in [9.17, 15) is 0 Å². The van der Waals surface area contributed by atoms with Crippen LogP contribution in [-0.4, -0.2) is 24.5 Å². The summed E-state index contributed by atoms with van der Waals surface area (Å²) in [4.78, 5) is 0. The largest absolute Gasteiger partial charge is 1.00 e. The molecule has 1 aromatic heterocycles. The Morgan fingerprint density at radius 3 is 2.48 bits per heavy atom. The van der Waals surface area contributed by atoms with Gasteiger partial charge in [-0.25, -0.2) is 4.57 Å². The van der Waals surface area contributed by atoms with E-state index in [-0.39, 0.29) is 17.0 Å². The third kappa shape index (κ3) is 3.16. The monoisotopic (exact) mass is 418 g/mol. The van der Waals surface area contributed by atoms with Crippen LogP contribution in [0.5, 0.6) is 11.5 Å². The third-order valence-corrected chi connectivity index (χ3v) is 5.30. The van der Waals surface area contributed by atoms with Crippen LogP contribution in [0, 0.1) is 0 Å². The molecule has 25 heavy (non-hydrogen) atoms. The number of nitrogens with zero attached hydrogens (tertiary/aromatic N) is 2. The van der Waals surface area contributed by atoms with Gasteiger partial charge in [0, 0.05) is 11.3 Å². The standard InChI is InChI=1S/C19H19N2O2S.BrH/c1-22-17-9-8-14(12-18(17)23-2)16-13-21(15-6-4-3-5-7-15)19-20(16)10-11-24-19;/h3-9,12-13H,10-11H2,1-2H3;1H/q+1;/p-1. The van der Waals surface area contributed by atoms with E-state index in [1.165, 1.54) is 16.5 Å². The van der Waals surface area contributed by atoms with Crippen molar-refractivity contribution in [1.29, 1.82) is 0 Å². The predicted molar refractivity (Wildman–Crippen MR) is 95.2 cm³/mol. The van der Waals surface area contributed by atoms with Crippen molar-refractivity contribution in [3.8, 4) is 28.4 Å². The second kappa shape index (κ2) is 7.54. The molecule has 0 spiro atoms. The van der Waals surface area contributed by atoms with Crippen molar-refractivity contribution >= 4 is 11.8 Å². The van der Waals surface area contributed by atoms with Crippen LogP contribution in [0.1, 0.15) is 0 Å². The number of thioether (sulfide) groups is 1. The third-order valence-electron chi connectivity index (χ3n) is 4.24. The molecule has 2 aromatic carbocycles. The average Bonchev–Trinajstić information content (AvgIpc) is 3.24. The van der Waals surface area contributed by atoms with Gasteiger partial charge in [0.1, 0.15) is 18.4 Å². The normalized spacial score (nSPS) is 12.4. The van der Waals surface area contributed by atoms with Gasteiger partial charge >= 0.3 is 5.16 Å².